The molecule has 0 radical (unpaired) electrons. The maximum absolute atomic E-state index is 11.8. The van der Waals surface area contributed by atoms with E-state index in [1.807, 2.05) is 27.7 Å². The molecule has 2 amide bonds. The first-order valence-corrected chi connectivity index (χ1v) is 7.14. The van der Waals surface area contributed by atoms with Gasteiger partial charge in [-0.05, 0) is 52.2 Å². The summed E-state index contributed by atoms with van der Waals surface area (Å²) in [6.07, 6.45) is 1.05. The number of benzene rings is 1. The molecule has 0 aromatic heterocycles. The summed E-state index contributed by atoms with van der Waals surface area (Å²) < 4.78 is 5.42. The number of hydrogen-bond acceptors (Lipinski definition) is 2. The highest BCUT2D eigenvalue weighted by molar-refractivity contribution is 5.91. The Kier molecular flexibility index (Phi) is 6.52. The van der Waals surface area contributed by atoms with Crippen LogP contribution < -0.4 is 10.6 Å². The number of urea groups is 1. The Labute approximate surface area is 121 Å². The van der Waals surface area contributed by atoms with Gasteiger partial charge in [0.15, 0.2) is 0 Å². The third kappa shape index (κ3) is 5.61. The van der Waals surface area contributed by atoms with E-state index in [0.29, 0.717) is 13.2 Å². The van der Waals surface area contributed by atoms with Crippen molar-refractivity contribution in [3.63, 3.8) is 0 Å². The molecule has 1 aromatic carbocycles. The molecule has 1 rings (SSSR count). The summed E-state index contributed by atoms with van der Waals surface area (Å²) in [7, 11) is 0. The van der Waals surface area contributed by atoms with Crippen LogP contribution in [0.3, 0.4) is 0 Å². The third-order valence-electron chi connectivity index (χ3n) is 2.97. The van der Waals surface area contributed by atoms with Crippen molar-refractivity contribution in [2.75, 3.05) is 18.5 Å². The van der Waals surface area contributed by atoms with Gasteiger partial charge in [-0.2, -0.15) is 0 Å². The van der Waals surface area contributed by atoms with Crippen LogP contribution in [0.25, 0.3) is 0 Å². The second-order valence-corrected chi connectivity index (χ2v) is 5.43. The molecule has 0 saturated heterocycles. The van der Waals surface area contributed by atoms with E-state index in [2.05, 4.69) is 29.7 Å². The highest BCUT2D eigenvalue weighted by atomic mass is 16.5. The van der Waals surface area contributed by atoms with E-state index >= 15 is 0 Å². The maximum Gasteiger partial charge on any atom is 0.319 e. The molecule has 0 bridgehead atoms. The summed E-state index contributed by atoms with van der Waals surface area (Å²) >= 11 is 0. The molecule has 0 unspecified atom stereocenters. The fraction of sp³-hybridized carbons (Fsp3) is 0.562. The van der Waals surface area contributed by atoms with Gasteiger partial charge in [-0.3, -0.25) is 0 Å². The Balaban J connectivity index is 2.39. The van der Waals surface area contributed by atoms with E-state index in [0.717, 1.165) is 23.2 Å². The molecule has 0 aliphatic heterocycles. The molecule has 0 aliphatic rings. The lowest BCUT2D eigenvalue weighted by Gasteiger charge is -2.14. The van der Waals surface area contributed by atoms with Crippen LogP contribution in [0.4, 0.5) is 10.5 Å². The lowest BCUT2D eigenvalue weighted by atomic mass is 10.1. The monoisotopic (exact) mass is 278 g/mol. The molecule has 4 nitrogen and oxygen atoms in total. The van der Waals surface area contributed by atoms with E-state index in [1.54, 1.807) is 0 Å². The number of nitrogens with one attached hydrogen (secondary N) is 2. The number of amides is 2. The molecule has 112 valence electrons. The lowest BCUT2D eigenvalue weighted by molar-refractivity contribution is 0.0775. The summed E-state index contributed by atoms with van der Waals surface area (Å²) in [6, 6.07) is 3.97. The molecule has 0 atom stereocenters. The molecule has 0 aliphatic carbocycles. The van der Waals surface area contributed by atoms with Gasteiger partial charge in [-0.1, -0.05) is 17.7 Å². The predicted molar refractivity (Wildman–Crippen MR) is 83.4 cm³/mol. The van der Waals surface area contributed by atoms with Gasteiger partial charge in [0, 0.05) is 18.8 Å². The minimum Gasteiger partial charge on any atom is -0.379 e. The van der Waals surface area contributed by atoms with Gasteiger partial charge in [-0.15, -0.1) is 0 Å². The number of aryl methyl sites for hydroxylation is 3. The van der Waals surface area contributed by atoms with Crippen LogP contribution in [-0.4, -0.2) is 25.3 Å². The highest BCUT2D eigenvalue weighted by Gasteiger charge is 2.07. The Bertz CT molecular complexity index is 433. The summed E-state index contributed by atoms with van der Waals surface area (Å²) in [6.45, 7) is 11.4. The number of carbonyl (C=O) groups is 1. The number of anilines is 1. The minimum atomic E-state index is -0.162. The van der Waals surface area contributed by atoms with Gasteiger partial charge in [0.05, 0.1) is 6.10 Å². The standard InChI is InChI=1S/C16H26N2O2/c1-11(2)20-8-6-7-17-16(19)18-15-13(4)9-12(3)10-14(15)5/h9-11H,6-8H2,1-5H3,(H2,17,18,19). The van der Waals surface area contributed by atoms with Gasteiger partial charge in [0.25, 0.3) is 0 Å². The van der Waals surface area contributed by atoms with Crippen molar-refractivity contribution in [2.45, 2.75) is 47.1 Å². The number of rotatable bonds is 6. The van der Waals surface area contributed by atoms with Crippen molar-refractivity contribution in [2.24, 2.45) is 0 Å². The quantitative estimate of drug-likeness (QED) is 0.782. The molecule has 20 heavy (non-hydrogen) atoms. The maximum atomic E-state index is 11.8. The van der Waals surface area contributed by atoms with Crippen LogP contribution in [0.15, 0.2) is 12.1 Å². The van der Waals surface area contributed by atoms with E-state index < -0.39 is 0 Å². The van der Waals surface area contributed by atoms with Crippen molar-refractivity contribution in [3.05, 3.63) is 28.8 Å². The normalized spacial score (nSPS) is 10.7. The summed E-state index contributed by atoms with van der Waals surface area (Å²) in [5.74, 6) is 0. The van der Waals surface area contributed by atoms with E-state index in [1.165, 1.54) is 5.56 Å². The number of carbonyl (C=O) groups excluding carboxylic acids is 1. The average Bonchev–Trinajstić information content (AvgIpc) is 2.33. The zero-order chi connectivity index (χ0) is 15.1. The predicted octanol–water partition coefficient (Wildman–Crippen LogP) is 3.55. The van der Waals surface area contributed by atoms with Crippen LogP contribution in [0, 0.1) is 20.8 Å². The van der Waals surface area contributed by atoms with Gasteiger partial charge in [-0.25, -0.2) is 4.79 Å². The number of ether oxygens (including phenoxy) is 1. The van der Waals surface area contributed by atoms with Gasteiger partial charge in [0.1, 0.15) is 0 Å². The van der Waals surface area contributed by atoms with Gasteiger partial charge < -0.3 is 15.4 Å². The van der Waals surface area contributed by atoms with E-state index in [-0.39, 0.29) is 12.1 Å². The first-order chi connectivity index (χ1) is 9.40. The fourth-order valence-corrected chi connectivity index (χ4v) is 2.13. The molecular weight excluding hydrogens is 252 g/mol. The third-order valence-corrected chi connectivity index (χ3v) is 2.97. The Hall–Kier alpha value is -1.55. The van der Waals surface area contributed by atoms with Gasteiger partial charge >= 0.3 is 6.03 Å². The van der Waals surface area contributed by atoms with Crippen LogP contribution in [-0.2, 0) is 4.74 Å². The largest absolute Gasteiger partial charge is 0.379 e. The highest BCUT2D eigenvalue weighted by Crippen LogP contribution is 2.21. The summed E-state index contributed by atoms with van der Waals surface area (Å²) in [5.41, 5.74) is 4.27. The Morgan fingerprint density at radius 1 is 1.20 bits per heavy atom. The Morgan fingerprint density at radius 3 is 2.35 bits per heavy atom. The van der Waals surface area contributed by atoms with Crippen molar-refractivity contribution in [1.82, 2.24) is 5.32 Å². The molecule has 4 heteroatoms. The van der Waals surface area contributed by atoms with Crippen LogP contribution in [0.2, 0.25) is 0 Å². The summed E-state index contributed by atoms with van der Waals surface area (Å²) in [5, 5.41) is 5.76. The Morgan fingerprint density at radius 2 is 1.80 bits per heavy atom. The second-order valence-electron chi connectivity index (χ2n) is 5.43. The molecule has 0 saturated carbocycles. The summed E-state index contributed by atoms with van der Waals surface area (Å²) in [4.78, 5) is 11.8. The lowest BCUT2D eigenvalue weighted by Crippen LogP contribution is -2.30. The average molecular weight is 278 g/mol. The SMILES string of the molecule is Cc1cc(C)c(NC(=O)NCCCOC(C)C)c(C)c1. The van der Waals surface area contributed by atoms with Crippen molar-refractivity contribution in [1.29, 1.82) is 0 Å². The van der Waals surface area contributed by atoms with Crippen molar-refractivity contribution in [3.8, 4) is 0 Å². The minimum absolute atomic E-state index is 0.162. The van der Waals surface area contributed by atoms with Gasteiger partial charge in [0.2, 0.25) is 0 Å². The van der Waals surface area contributed by atoms with E-state index in [9.17, 15) is 4.79 Å². The van der Waals surface area contributed by atoms with Crippen LogP contribution >= 0.6 is 0 Å². The molecule has 0 spiro atoms. The van der Waals surface area contributed by atoms with Crippen LogP contribution in [0.1, 0.15) is 37.0 Å². The molecule has 0 heterocycles. The fourth-order valence-electron chi connectivity index (χ4n) is 2.13. The van der Waals surface area contributed by atoms with E-state index in [4.69, 9.17) is 4.74 Å². The second kappa shape index (κ2) is 7.90. The van der Waals surface area contributed by atoms with Crippen LogP contribution in [0.5, 0.6) is 0 Å². The molecule has 1 aromatic rings. The molecule has 0 fully saturated rings. The van der Waals surface area contributed by atoms with Crippen molar-refractivity contribution >= 4 is 11.7 Å². The first-order valence-electron chi connectivity index (χ1n) is 7.14. The zero-order valence-corrected chi connectivity index (χ0v) is 13.2. The first kappa shape index (κ1) is 16.5. The smallest absolute Gasteiger partial charge is 0.319 e. The van der Waals surface area contributed by atoms with Crippen molar-refractivity contribution < 1.29 is 9.53 Å². The number of hydrogen-bond donors (Lipinski definition) is 2. The molecule has 2 N–H and O–H groups in total. The molecular formula is C16H26N2O2. The topological polar surface area (TPSA) is 50.4 Å². The zero-order valence-electron chi connectivity index (χ0n) is 13.2.